The lowest BCUT2D eigenvalue weighted by atomic mass is 10.2. The molecule has 2 nitrogen and oxygen atoms in total. The fourth-order valence-corrected chi connectivity index (χ4v) is 2.60. The Morgan fingerprint density at radius 3 is 2.82 bits per heavy atom. The van der Waals surface area contributed by atoms with E-state index in [1.807, 2.05) is 0 Å². The molecule has 1 heterocycles. The van der Waals surface area contributed by atoms with Gasteiger partial charge in [-0.25, -0.2) is 0 Å². The second kappa shape index (κ2) is 5.50. The number of hydrogen-bond donors (Lipinski definition) is 1. The molecule has 0 bridgehead atoms. The van der Waals surface area contributed by atoms with Gasteiger partial charge in [-0.05, 0) is 37.2 Å². The number of fused-ring (bicyclic) bond motifs is 1. The largest absolute Gasteiger partial charge is 0.331 e. The third kappa shape index (κ3) is 2.60. The summed E-state index contributed by atoms with van der Waals surface area (Å²) in [4.78, 5) is 3.29. The second-order valence-corrected chi connectivity index (χ2v) is 5.00. The fraction of sp³-hybridized carbons (Fsp3) is 0.500. The third-order valence-corrected chi connectivity index (χ3v) is 3.55. The van der Waals surface area contributed by atoms with Crippen LogP contribution in [0.25, 0.3) is 11.0 Å². The van der Waals surface area contributed by atoms with E-state index >= 15 is 0 Å². The van der Waals surface area contributed by atoms with E-state index in [4.69, 9.17) is 12.2 Å². The van der Waals surface area contributed by atoms with Crippen LogP contribution in [0.3, 0.4) is 0 Å². The topological polar surface area (TPSA) is 20.7 Å². The SMILES string of the molecule is CCCCCCn1c(=S)[nH]c2cccc(C)c21. The molecule has 0 saturated carbocycles. The van der Waals surface area contributed by atoms with Crippen molar-refractivity contribution in [1.29, 1.82) is 0 Å². The van der Waals surface area contributed by atoms with E-state index in [1.54, 1.807) is 0 Å². The zero-order valence-corrected chi connectivity index (χ0v) is 11.4. The summed E-state index contributed by atoms with van der Waals surface area (Å²) in [5, 5.41) is 0. The first-order valence-electron chi connectivity index (χ1n) is 6.42. The Bertz CT molecular complexity index is 551. The van der Waals surface area contributed by atoms with Crippen molar-refractivity contribution in [3.63, 3.8) is 0 Å². The normalized spacial score (nSPS) is 11.2. The van der Waals surface area contributed by atoms with Crippen molar-refractivity contribution >= 4 is 23.3 Å². The molecule has 0 atom stereocenters. The minimum atomic E-state index is 0.853. The fourth-order valence-electron chi connectivity index (χ4n) is 2.31. The van der Waals surface area contributed by atoms with E-state index in [9.17, 15) is 0 Å². The number of nitrogens with zero attached hydrogens (tertiary/aromatic N) is 1. The Hall–Kier alpha value is -1.09. The summed E-state index contributed by atoms with van der Waals surface area (Å²) in [5.74, 6) is 0. The average molecular weight is 248 g/mol. The monoisotopic (exact) mass is 248 g/mol. The molecule has 0 saturated heterocycles. The maximum atomic E-state index is 5.40. The van der Waals surface area contributed by atoms with Crippen LogP contribution in [0.4, 0.5) is 0 Å². The smallest absolute Gasteiger partial charge is 0.178 e. The van der Waals surface area contributed by atoms with Gasteiger partial charge in [0.15, 0.2) is 4.77 Å². The number of aryl methyl sites for hydroxylation is 2. The molecule has 0 aliphatic carbocycles. The summed E-state index contributed by atoms with van der Waals surface area (Å²) >= 11 is 5.40. The molecular formula is C14H20N2S. The molecule has 1 aromatic carbocycles. The Morgan fingerprint density at radius 1 is 1.24 bits per heavy atom. The second-order valence-electron chi connectivity index (χ2n) is 4.61. The van der Waals surface area contributed by atoms with Crippen LogP contribution >= 0.6 is 12.2 Å². The van der Waals surface area contributed by atoms with Gasteiger partial charge in [-0.3, -0.25) is 0 Å². The molecule has 0 spiro atoms. The third-order valence-electron chi connectivity index (χ3n) is 3.23. The molecule has 3 heteroatoms. The summed E-state index contributed by atoms with van der Waals surface area (Å²) in [6, 6.07) is 6.32. The molecule has 1 N–H and O–H groups in total. The van der Waals surface area contributed by atoms with Crippen LogP contribution in [0.5, 0.6) is 0 Å². The quantitative estimate of drug-likeness (QED) is 0.606. The number of nitrogens with one attached hydrogen (secondary N) is 1. The first-order valence-corrected chi connectivity index (χ1v) is 6.83. The average Bonchev–Trinajstić information content (AvgIpc) is 2.62. The summed E-state index contributed by atoms with van der Waals surface area (Å²) in [6.07, 6.45) is 5.09. The lowest BCUT2D eigenvalue weighted by Gasteiger charge is -2.06. The zero-order valence-electron chi connectivity index (χ0n) is 10.6. The van der Waals surface area contributed by atoms with Crippen molar-refractivity contribution in [2.24, 2.45) is 0 Å². The van der Waals surface area contributed by atoms with E-state index in [1.165, 1.54) is 36.8 Å². The van der Waals surface area contributed by atoms with Gasteiger partial charge in [-0.15, -0.1) is 0 Å². The molecule has 0 unspecified atom stereocenters. The van der Waals surface area contributed by atoms with E-state index in [2.05, 4.69) is 41.6 Å². The molecule has 2 rings (SSSR count). The number of aromatic amines is 1. The molecule has 2 aromatic rings. The minimum absolute atomic E-state index is 0.853. The van der Waals surface area contributed by atoms with Crippen molar-refractivity contribution in [2.75, 3.05) is 0 Å². The molecule has 0 radical (unpaired) electrons. The maximum absolute atomic E-state index is 5.40. The lowest BCUT2D eigenvalue weighted by molar-refractivity contribution is 0.587. The first-order chi connectivity index (χ1) is 8.24. The lowest BCUT2D eigenvalue weighted by Crippen LogP contribution is -1.99. The Labute approximate surface area is 108 Å². The summed E-state index contributed by atoms with van der Waals surface area (Å²) in [6.45, 7) is 5.42. The van der Waals surface area contributed by atoms with Gasteiger partial charge in [0, 0.05) is 6.54 Å². The summed E-state index contributed by atoms with van der Waals surface area (Å²) < 4.78 is 3.10. The molecule has 17 heavy (non-hydrogen) atoms. The van der Waals surface area contributed by atoms with Gasteiger partial charge in [0.2, 0.25) is 0 Å². The molecule has 92 valence electrons. The predicted molar refractivity (Wildman–Crippen MR) is 76.0 cm³/mol. The van der Waals surface area contributed by atoms with Crippen molar-refractivity contribution in [3.05, 3.63) is 28.5 Å². The number of unbranched alkanes of at least 4 members (excludes halogenated alkanes) is 3. The number of aromatic nitrogens is 2. The Morgan fingerprint density at radius 2 is 2.06 bits per heavy atom. The van der Waals surface area contributed by atoms with E-state index in [-0.39, 0.29) is 0 Å². The number of H-pyrrole nitrogens is 1. The van der Waals surface area contributed by atoms with Crippen molar-refractivity contribution < 1.29 is 0 Å². The van der Waals surface area contributed by atoms with Gasteiger partial charge < -0.3 is 9.55 Å². The molecule has 1 aromatic heterocycles. The number of para-hydroxylation sites is 1. The summed E-state index contributed by atoms with van der Waals surface area (Å²) in [5.41, 5.74) is 3.73. The maximum Gasteiger partial charge on any atom is 0.178 e. The van der Waals surface area contributed by atoms with Gasteiger partial charge in [0.25, 0.3) is 0 Å². The van der Waals surface area contributed by atoms with Crippen LogP contribution in [0, 0.1) is 11.7 Å². The van der Waals surface area contributed by atoms with Crippen LogP contribution in [0.1, 0.15) is 38.2 Å². The molecular weight excluding hydrogens is 228 g/mol. The van der Waals surface area contributed by atoms with Gasteiger partial charge in [-0.2, -0.15) is 0 Å². The Kier molecular flexibility index (Phi) is 4.00. The number of imidazole rings is 1. The highest BCUT2D eigenvalue weighted by atomic mass is 32.1. The molecule has 0 amide bonds. The predicted octanol–water partition coefficient (Wildman–Crippen LogP) is 4.59. The van der Waals surface area contributed by atoms with Crippen LogP contribution in [0.15, 0.2) is 18.2 Å². The summed E-state index contributed by atoms with van der Waals surface area (Å²) in [7, 11) is 0. The number of benzene rings is 1. The van der Waals surface area contributed by atoms with Gasteiger partial charge >= 0.3 is 0 Å². The van der Waals surface area contributed by atoms with Gasteiger partial charge in [-0.1, -0.05) is 38.3 Å². The molecule has 0 aliphatic rings. The van der Waals surface area contributed by atoms with Crippen LogP contribution in [-0.4, -0.2) is 9.55 Å². The highest BCUT2D eigenvalue weighted by molar-refractivity contribution is 7.71. The highest BCUT2D eigenvalue weighted by Gasteiger charge is 2.05. The van der Waals surface area contributed by atoms with Crippen LogP contribution in [-0.2, 0) is 6.54 Å². The van der Waals surface area contributed by atoms with Crippen LogP contribution in [0.2, 0.25) is 0 Å². The first kappa shape index (κ1) is 12.4. The molecule has 0 aliphatic heterocycles. The minimum Gasteiger partial charge on any atom is -0.331 e. The van der Waals surface area contributed by atoms with Crippen molar-refractivity contribution in [2.45, 2.75) is 46.1 Å². The van der Waals surface area contributed by atoms with Gasteiger partial charge in [0.1, 0.15) is 0 Å². The zero-order chi connectivity index (χ0) is 12.3. The Balaban J connectivity index is 2.27. The number of rotatable bonds is 5. The molecule has 0 fully saturated rings. The van der Waals surface area contributed by atoms with E-state index in [0.717, 1.165) is 16.8 Å². The van der Waals surface area contributed by atoms with Crippen molar-refractivity contribution in [3.8, 4) is 0 Å². The van der Waals surface area contributed by atoms with E-state index in [0.29, 0.717) is 0 Å². The van der Waals surface area contributed by atoms with Crippen molar-refractivity contribution in [1.82, 2.24) is 9.55 Å². The van der Waals surface area contributed by atoms with Gasteiger partial charge in [0.05, 0.1) is 11.0 Å². The number of hydrogen-bond acceptors (Lipinski definition) is 1. The standard InChI is InChI=1S/C14H20N2S/c1-3-4-5-6-10-16-13-11(2)8-7-9-12(13)15-14(16)17/h7-9H,3-6,10H2,1-2H3,(H,15,17). The highest BCUT2D eigenvalue weighted by Crippen LogP contribution is 2.19. The van der Waals surface area contributed by atoms with E-state index < -0.39 is 0 Å². The van der Waals surface area contributed by atoms with Crippen LogP contribution < -0.4 is 0 Å².